The molecule has 0 saturated heterocycles. The number of nitrogens with zero attached hydrogens (tertiary/aromatic N) is 1. The zero-order valence-electron chi connectivity index (χ0n) is 10.7. The number of rotatable bonds is 9. The molecule has 0 fully saturated rings. The van der Waals surface area contributed by atoms with Crippen molar-refractivity contribution in [3.8, 4) is 0 Å². The van der Waals surface area contributed by atoms with E-state index in [1.54, 1.807) is 7.11 Å². The summed E-state index contributed by atoms with van der Waals surface area (Å²) in [6.45, 7) is 8.99. The highest BCUT2D eigenvalue weighted by atomic mass is 16.5. The van der Waals surface area contributed by atoms with E-state index < -0.39 is 0 Å². The molecule has 0 aliphatic heterocycles. The van der Waals surface area contributed by atoms with Crippen LogP contribution in [-0.4, -0.2) is 49.0 Å². The topological polar surface area (TPSA) is 32.7 Å². The van der Waals surface area contributed by atoms with E-state index in [9.17, 15) is 5.11 Å². The van der Waals surface area contributed by atoms with Crippen molar-refractivity contribution in [3.05, 3.63) is 0 Å². The van der Waals surface area contributed by atoms with E-state index >= 15 is 0 Å². The molecule has 1 atom stereocenters. The molecule has 15 heavy (non-hydrogen) atoms. The van der Waals surface area contributed by atoms with Crippen LogP contribution >= 0.6 is 0 Å². The molecular formula is C12H27NO2. The van der Waals surface area contributed by atoms with Crippen molar-refractivity contribution in [3.63, 3.8) is 0 Å². The maximum Gasteiger partial charge on any atom is 0.0589 e. The summed E-state index contributed by atoms with van der Waals surface area (Å²) in [7, 11) is 1.74. The van der Waals surface area contributed by atoms with Gasteiger partial charge in [-0.3, -0.25) is 4.90 Å². The molecule has 0 rings (SSSR count). The quantitative estimate of drug-likeness (QED) is 0.640. The van der Waals surface area contributed by atoms with Crippen LogP contribution in [0, 0.1) is 0 Å². The summed E-state index contributed by atoms with van der Waals surface area (Å²) in [6, 6.07) is 0.624. The molecule has 0 aromatic carbocycles. The number of hydrogen-bond donors (Lipinski definition) is 1. The molecule has 0 amide bonds. The fraction of sp³-hybridized carbons (Fsp3) is 1.00. The van der Waals surface area contributed by atoms with Gasteiger partial charge in [0.15, 0.2) is 0 Å². The lowest BCUT2D eigenvalue weighted by atomic mass is 10.1. The van der Waals surface area contributed by atoms with Gasteiger partial charge >= 0.3 is 0 Å². The minimum Gasteiger partial charge on any atom is -0.393 e. The van der Waals surface area contributed by atoms with Gasteiger partial charge in [0.05, 0.1) is 12.7 Å². The van der Waals surface area contributed by atoms with Crippen molar-refractivity contribution >= 4 is 0 Å². The predicted octanol–water partition coefficient (Wildman–Crippen LogP) is 1.89. The highest BCUT2D eigenvalue weighted by Crippen LogP contribution is 2.09. The summed E-state index contributed by atoms with van der Waals surface area (Å²) in [4.78, 5) is 2.43. The van der Waals surface area contributed by atoms with E-state index in [-0.39, 0.29) is 6.10 Å². The van der Waals surface area contributed by atoms with Gasteiger partial charge in [-0.05, 0) is 26.2 Å². The molecule has 0 radical (unpaired) electrons. The van der Waals surface area contributed by atoms with Crippen LogP contribution in [0.4, 0.5) is 0 Å². The third-order valence-corrected chi connectivity index (χ3v) is 2.88. The first-order valence-electron chi connectivity index (χ1n) is 6.06. The normalized spacial score (nSPS) is 13.8. The Morgan fingerprint density at radius 3 is 2.20 bits per heavy atom. The van der Waals surface area contributed by atoms with E-state index in [0.29, 0.717) is 6.04 Å². The first-order valence-corrected chi connectivity index (χ1v) is 6.06. The molecule has 0 heterocycles. The highest BCUT2D eigenvalue weighted by molar-refractivity contribution is 4.69. The molecule has 0 saturated carbocycles. The average Bonchev–Trinajstić information content (AvgIpc) is 2.22. The molecule has 0 spiro atoms. The number of aliphatic hydroxyl groups is 1. The third kappa shape index (κ3) is 6.88. The smallest absolute Gasteiger partial charge is 0.0589 e. The van der Waals surface area contributed by atoms with Gasteiger partial charge in [0.25, 0.3) is 0 Å². The second-order valence-corrected chi connectivity index (χ2v) is 4.14. The standard InChI is InChI=1S/C12H27NO2/c1-5-12(6-2)13(9-10-15-4)8-7-11(3)14/h11-12,14H,5-10H2,1-4H3. The average molecular weight is 217 g/mol. The van der Waals surface area contributed by atoms with E-state index in [1.807, 2.05) is 6.92 Å². The maximum atomic E-state index is 9.30. The summed E-state index contributed by atoms with van der Waals surface area (Å²) >= 11 is 0. The van der Waals surface area contributed by atoms with Crippen molar-refractivity contribution in [2.24, 2.45) is 0 Å². The molecule has 0 aliphatic rings. The first kappa shape index (κ1) is 14.9. The molecule has 92 valence electrons. The second kappa shape index (κ2) is 9.13. The monoisotopic (exact) mass is 217 g/mol. The minimum absolute atomic E-state index is 0.204. The summed E-state index contributed by atoms with van der Waals surface area (Å²) < 4.78 is 5.11. The summed E-state index contributed by atoms with van der Waals surface area (Å²) in [6.07, 6.45) is 2.98. The molecular weight excluding hydrogens is 190 g/mol. The highest BCUT2D eigenvalue weighted by Gasteiger charge is 2.14. The van der Waals surface area contributed by atoms with E-state index in [0.717, 1.165) is 26.1 Å². The Morgan fingerprint density at radius 2 is 1.80 bits per heavy atom. The first-order chi connectivity index (χ1) is 7.15. The van der Waals surface area contributed by atoms with Crippen LogP contribution in [-0.2, 0) is 4.74 Å². The SMILES string of the molecule is CCC(CC)N(CCOC)CCC(C)O. The van der Waals surface area contributed by atoms with Gasteiger partial charge in [0, 0.05) is 26.2 Å². The molecule has 3 nitrogen and oxygen atoms in total. The number of methoxy groups -OCH3 is 1. The van der Waals surface area contributed by atoms with Crippen LogP contribution in [0.25, 0.3) is 0 Å². The lowest BCUT2D eigenvalue weighted by Gasteiger charge is -2.30. The van der Waals surface area contributed by atoms with Crippen molar-refractivity contribution < 1.29 is 9.84 Å². The molecule has 0 aromatic heterocycles. The minimum atomic E-state index is -0.204. The Morgan fingerprint density at radius 1 is 1.20 bits per heavy atom. The fourth-order valence-corrected chi connectivity index (χ4v) is 1.84. The van der Waals surface area contributed by atoms with Crippen molar-refractivity contribution in [1.29, 1.82) is 0 Å². The summed E-state index contributed by atoms with van der Waals surface area (Å²) in [5.41, 5.74) is 0. The van der Waals surface area contributed by atoms with Gasteiger partial charge in [0.2, 0.25) is 0 Å². The molecule has 1 unspecified atom stereocenters. The van der Waals surface area contributed by atoms with Crippen LogP contribution < -0.4 is 0 Å². The number of ether oxygens (including phenoxy) is 1. The Bertz CT molecular complexity index is 136. The zero-order chi connectivity index (χ0) is 11.7. The largest absolute Gasteiger partial charge is 0.393 e. The molecule has 1 N–H and O–H groups in total. The Balaban J connectivity index is 4.03. The summed E-state index contributed by atoms with van der Waals surface area (Å²) in [5.74, 6) is 0. The number of hydrogen-bond acceptors (Lipinski definition) is 3. The van der Waals surface area contributed by atoms with Gasteiger partial charge < -0.3 is 9.84 Å². The third-order valence-electron chi connectivity index (χ3n) is 2.88. The lowest BCUT2D eigenvalue weighted by molar-refractivity contribution is 0.0951. The van der Waals surface area contributed by atoms with Crippen LogP contribution in [0.15, 0.2) is 0 Å². The molecule has 3 heteroatoms. The van der Waals surface area contributed by atoms with Crippen LogP contribution in [0.3, 0.4) is 0 Å². The van der Waals surface area contributed by atoms with Crippen molar-refractivity contribution in [2.75, 3.05) is 26.8 Å². The van der Waals surface area contributed by atoms with E-state index in [4.69, 9.17) is 4.74 Å². The predicted molar refractivity (Wildman–Crippen MR) is 64.1 cm³/mol. The van der Waals surface area contributed by atoms with Gasteiger partial charge in [0.1, 0.15) is 0 Å². The molecule has 0 aliphatic carbocycles. The lowest BCUT2D eigenvalue weighted by Crippen LogP contribution is -2.38. The Labute approximate surface area is 94.4 Å². The molecule has 0 aromatic rings. The fourth-order valence-electron chi connectivity index (χ4n) is 1.84. The van der Waals surface area contributed by atoms with E-state index in [2.05, 4.69) is 18.7 Å². The Hall–Kier alpha value is -0.120. The summed E-state index contributed by atoms with van der Waals surface area (Å²) in [5, 5.41) is 9.30. The van der Waals surface area contributed by atoms with Crippen LogP contribution in [0.2, 0.25) is 0 Å². The van der Waals surface area contributed by atoms with Crippen molar-refractivity contribution in [2.45, 2.75) is 52.2 Å². The number of aliphatic hydroxyl groups excluding tert-OH is 1. The van der Waals surface area contributed by atoms with Crippen LogP contribution in [0.1, 0.15) is 40.0 Å². The van der Waals surface area contributed by atoms with Gasteiger partial charge in [-0.15, -0.1) is 0 Å². The van der Waals surface area contributed by atoms with Crippen LogP contribution in [0.5, 0.6) is 0 Å². The van der Waals surface area contributed by atoms with E-state index in [1.165, 1.54) is 12.8 Å². The van der Waals surface area contributed by atoms with Crippen molar-refractivity contribution in [1.82, 2.24) is 4.90 Å². The second-order valence-electron chi connectivity index (χ2n) is 4.14. The van der Waals surface area contributed by atoms with Gasteiger partial charge in [-0.2, -0.15) is 0 Å². The zero-order valence-corrected chi connectivity index (χ0v) is 10.7. The van der Waals surface area contributed by atoms with Gasteiger partial charge in [-0.25, -0.2) is 0 Å². The molecule has 0 bridgehead atoms. The van der Waals surface area contributed by atoms with Gasteiger partial charge in [-0.1, -0.05) is 13.8 Å². The maximum absolute atomic E-state index is 9.30. The Kier molecular flexibility index (Phi) is 9.06.